The minimum atomic E-state index is -0.383. The molecule has 1 saturated heterocycles. The fraction of sp³-hybridized carbons (Fsp3) is 0.222. The van der Waals surface area contributed by atoms with E-state index in [2.05, 4.69) is 5.32 Å². The quantitative estimate of drug-likeness (QED) is 0.837. The molecule has 1 atom stereocenters. The average Bonchev–Trinajstić information content (AvgIpc) is 2.97. The highest BCUT2D eigenvalue weighted by Crippen LogP contribution is 2.31. The number of para-hydroxylation sites is 1. The van der Waals surface area contributed by atoms with Gasteiger partial charge < -0.3 is 10.2 Å². The molecule has 2 aromatic carbocycles. The molecule has 0 spiro atoms. The second-order valence-corrected chi connectivity index (χ2v) is 6.86. The van der Waals surface area contributed by atoms with Crippen LogP contribution in [0.2, 0.25) is 5.02 Å². The van der Waals surface area contributed by atoms with Crippen molar-refractivity contribution >= 4 is 46.6 Å². The van der Waals surface area contributed by atoms with Crippen LogP contribution in [0.4, 0.5) is 11.4 Å². The van der Waals surface area contributed by atoms with Gasteiger partial charge in [-0.15, -0.1) is 11.8 Å². The molecular weight excluding hydrogens is 344 g/mol. The summed E-state index contributed by atoms with van der Waals surface area (Å²) in [5, 5.41) is 3.42. The number of rotatable bonds is 4. The van der Waals surface area contributed by atoms with Crippen LogP contribution in [0.1, 0.15) is 6.42 Å². The van der Waals surface area contributed by atoms with Gasteiger partial charge in [-0.3, -0.25) is 9.59 Å². The first-order valence-electron chi connectivity index (χ1n) is 7.58. The number of carbonyl (C=O) groups is 2. The van der Waals surface area contributed by atoms with Gasteiger partial charge in [-0.2, -0.15) is 0 Å². The van der Waals surface area contributed by atoms with E-state index in [1.54, 1.807) is 28.8 Å². The van der Waals surface area contributed by atoms with Gasteiger partial charge in [-0.05, 0) is 36.6 Å². The lowest BCUT2D eigenvalue weighted by atomic mass is 10.1. The van der Waals surface area contributed by atoms with Crippen molar-refractivity contribution < 1.29 is 9.59 Å². The Balaban J connectivity index is 1.71. The molecular formula is C18H17ClN2O2S. The Hall–Kier alpha value is -1.98. The predicted octanol–water partition coefficient (Wildman–Crippen LogP) is 4.05. The SMILES string of the molecule is CSc1cccc(NC(=O)C2CC(=O)N(c3ccccc3Cl)C2)c1. The molecule has 0 saturated carbocycles. The molecule has 2 amide bonds. The highest BCUT2D eigenvalue weighted by atomic mass is 35.5. The summed E-state index contributed by atoms with van der Waals surface area (Å²) in [6, 6.07) is 14.8. The second kappa shape index (κ2) is 7.28. The Morgan fingerprint density at radius 1 is 1.25 bits per heavy atom. The van der Waals surface area contributed by atoms with Gasteiger partial charge in [0.1, 0.15) is 0 Å². The van der Waals surface area contributed by atoms with Crippen molar-refractivity contribution in [2.45, 2.75) is 11.3 Å². The Bertz CT molecular complexity index is 781. The van der Waals surface area contributed by atoms with Crippen molar-refractivity contribution in [2.24, 2.45) is 5.92 Å². The number of amides is 2. The normalized spacial score (nSPS) is 17.2. The van der Waals surface area contributed by atoms with Gasteiger partial charge in [-0.25, -0.2) is 0 Å². The largest absolute Gasteiger partial charge is 0.326 e. The summed E-state index contributed by atoms with van der Waals surface area (Å²) in [6.07, 6.45) is 2.18. The minimum absolute atomic E-state index is 0.0823. The molecule has 4 nitrogen and oxygen atoms in total. The van der Waals surface area contributed by atoms with Gasteiger partial charge in [0.05, 0.1) is 16.6 Å². The van der Waals surface area contributed by atoms with E-state index in [4.69, 9.17) is 11.6 Å². The number of anilines is 2. The molecule has 1 fully saturated rings. The van der Waals surface area contributed by atoms with E-state index in [1.165, 1.54) is 0 Å². The third-order valence-electron chi connectivity index (χ3n) is 3.98. The molecule has 124 valence electrons. The van der Waals surface area contributed by atoms with Crippen LogP contribution in [0, 0.1) is 5.92 Å². The summed E-state index contributed by atoms with van der Waals surface area (Å²) in [6.45, 7) is 0.344. The van der Waals surface area contributed by atoms with Crippen molar-refractivity contribution in [3.05, 3.63) is 53.6 Å². The molecule has 3 rings (SSSR count). The van der Waals surface area contributed by atoms with E-state index < -0.39 is 0 Å². The Morgan fingerprint density at radius 3 is 2.79 bits per heavy atom. The van der Waals surface area contributed by atoms with Gasteiger partial charge in [0.25, 0.3) is 0 Å². The molecule has 0 bridgehead atoms. The minimum Gasteiger partial charge on any atom is -0.326 e. The van der Waals surface area contributed by atoms with E-state index >= 15 is 0 Å². The molecule has 1 heterocycles. The van der Waals surface area contributed by atoms with Gasteiger partial charge in [-0.1, -0.05) is 29.8 Å². The summed E-state index contributed by atoms with van der Waals surface area (Å²) in [5.74, 6) is -0.607. The maximum atomic E-state index is 12.5. The van der Waals surface area contributed by atoms with Gasteiger partial charge >= 0.3 is 0 Å². The maximum Gasteiger partial charge on any atom is 0.229 e. The van der Waals surface area contributed by atoms with Crippen LogP contribution in [0.3, 0.4) is 0 Å². The van der Waals surface area contributed by atoms with Crippen LogP contribution in [-0.2, 0) is 9.59 Å². The highest BCUT2D eigenvalue weighted by Gasteiger charge is 2.35. The first-order valence-corrected chi connectivity index (χ1v) is 9.18. The second-order valence-electron chi connectivity index (χ2n) is 5.58. The smallest absolute Gasteiger partial charge is 0.229 e. The van der Waals surface area contributed by atoms with Crippen molar-refractivity contribution in [3.8, 4) is 0 Å². The third kappa shape index (κ3) is 3.57. The summed E-state index contributed by atoms with van der Waals surface area (Å²) < 4.78 is 0. The number of benzene rings is 2. The van der Waals surface area contributed by atoms with Crippen molar-refractivity contribution in [3.63, 3.8) is 0 Å². The standard InChI is InChI=1S/C18H17ClN2O2S/c1-24-14-6-4-5-13(10-14)20-18(23)12-9-17(22)21(11-12)16-8-3-2-7-15(16)19/h2-8,10,12H,9,11H2,1H3,(H,20,23). The van der Waals surface area contributed by atoms with E-state index in [0.29, 0.717) is 17.3 Å². The Labute approximate surface area is 150 Å². The lowest BCUT2D eigenvalue weighted by Gasteiger charge is -2.18. The molecule has 1 aliphatic heterocycles. The number of hydrogen-bond donors (Lipinski definition) is 1. The van der Waals surface area contributed by atoms with Gasteiger partial charge in [0, 0.05) is 23.5 Å². The van der Waals surface area contributed by atoms with E-state index in [9.17, 15) is 9.59 Å². The molecule has 0 radical (unpaired) electrons. The Kier molecular flexibility index (Phi) is 5.11. The fourth-order valence-electron chi connectivity index (χ4n) is 2.73. The summed E-state index contributed by atoms with van der Waals surface area (Å²) >= 11 is 7.78. The third-order valence-corrected chi connectivity index (χ3v) is 5.02. The number of thioether (sulfide) groups is 1. The molecule has 1 N–H and O–H groups in total. The van der Waals surface area contributed by atoms with E-state index in [-0.39, 0.29) is 24.2 Å². The monoisotopic (exact) mass is 360 g/mol. The van der Waals surface area contributed by atoms with Crippen LogP contribution in [0.15, 0.2) is 53.4 Å². The van der Waals surface area contributed by atoms with Gasteiger partial charge in [0.15, 0.2) is 0 Å². The van der Waals surface area contributed by atoms with Crippen molar-refractivity contribution in [2.75, 3.05) is 23.0 Å². The van der Waals surface area contributed by atoms with E-state index in [0.717, 1.165) is 10.6 Å². The lowest BCUT2D eigenvalue weighted by molar-refractivity contribution is -0.122. The number of halogens is 1. The highest BCUT2D eigenvalue weighted by molar-refractivity contribution is 7.98. The van der Waals surface area contributed by atoms with Crippen LogP contribution < -0.4 is 10.2 Å². The summed E-state index contributed by atoms with van der Waals surface area (Å²) in [4.78, 5) is 27.4. The molecule has 2 aromatic rings. The molecule has 1 unspecified atom stereocenters. The maximum absolute atomic E-state index is 12.5. The fourth-order valence-corrected chi connectivity index (χ4v) is 3.43. The van der Waals surface area contributed by atoms with Crippen LogP contribution in [0.5, 0.6) is 0 Å². The van der Waals surface area contributed by atoms with Crippen LogP contribution in [-0.4, -0.2) is 24.6 Å². The first-order chi connectivity index (χ1) is 11.6. The zero-order valence-corrected chi connectivity index (χ0v) is 14.7. The van der Waals surface area contributed by atoms with Crippen LogP contribution >= 0.6 is 23.4 Å². The zero-order valence-electron chi connectivity index (χ0n) is 13.2. The predicted molar refractivity (Wildman–Crippen MR) is 98.8 cm³/mol. The number of hydrogen-bond acceptors (Lipinski definition) is 3. The van der Waals surface area contributed by atoms with E-state index in [1.807, 2.05) is 42.7 Å². The summed E-state index contributed by atoms with van der Waals surface area (Å²) in [7, 11) is 0. The van der Waals surface area contributed by atoms with Crippen molar-refractivity contribution in [1.29, 1.82) is 0 Å². The van der Waals surface area contributed by atoms with Crippen LogP contribution in [0.25, 0.3) is 0 Å². The molecule has 6 heteroatoms. The average molecular weight is 361 g/mol. The number of nitrogens with one attached hydrogen (secondary N) is 1. The lowest BCUT2D eigenvalue weighted by Crippen LogP contribution is -2.28. The number of carbonyl (C=O) groups excluding carboxylic acids is 2. The van der Waals surface area contributed by atoms with Gasteiger partial charge in [0.2, 0.25) is 11.8 Å². The molecule has 0 aromatic heterocycles. The van der Waals surface area contributed by atoms with Crippen molar-refractivity contribution in [1.82, 2.24) is 0 Å². The topological polar surface area (TPSA) is 49.4 Å². The Morgan fingerprint density at radius 2 is 2.04 bits per heavy atom. The molecule has 1 aliphatic rings. The first kappa shape index (κ1) is 16.9. The summed E-state index contributed by atoms with van der Waals surface area (Å²) in [5.41, 5.74) is 1.40. The zero-order chi connectivity index (χ0) is 17.1. The molecule has 0 aliphatic carbocycles. The molecule has 24 heavy (non-hydrogen) atoms. The number of nitrogens with zero attached hydrogens (tertiary/aromatic N) is 1.